The Kier molecular flexibility index (Phi) is 23.4. The topological polar surface area (TPSA) is 538 Å². The number of carbonyl (C=O) groups excluding carboxylic acids is 4. The smallest absolute Gasteiger partial charge is 0.312 e. The number of hydrogen-bond donors (Lipinski definition) is 18. The molecule has 6 aliphatic rings. The van der Waals surface area contributed by atoms with Crippen LogP contribution in [0.15, 0.2) is 52.2 Å². The first kappa shape index (κ1) is 72.2. The third kappa shape index (κ3) is 14.4. The van der Waals surface area contributed by atoms with Crippen LogP contribution in [0.4, 0.5) is 5.69 Å². The van der Waals surface area contributed by atoms with Crippen LogP contribution < -0.4 is 38.3 Å². The van der Waals surface area contributed by atoms with Gasteiger partial charge in [0.1, 0.15) is 84.3 Å². The number of nitrogens with zero attached hydrogens (tertiary/aromatic N) is 2. The summed E-state index contributed by atoms with van der Waals surface area (Å²) in [6, 6.07) is -3.02. The molecule has 5 bridgehead atoms. The minimum Gasteiger partial charge on any atom is -0.507 e. The second-order valence-electron chi connectivity index (χ2n) is 23.3. The zero-order valence-electron chi connectivity index (χ0n) is 51.4. The van der Waals surface area contributed by atoms with E-state index < -0.39 is 199 Å². The quantitative estimate of drug-likeness (QED) is 0.0260. The van der Waals surface area contributed by atoms with Gasteiger partial charge in [0.05, 0.1) is 60.0 Å². The summed E-state index contributed by atoms with van der Waals surface area (Å²) in [5, 5.41) is 135. The number of nitrogens with two attached hydrogens (primary N) is 4. The van der Waals surface area contributed by atoms with E-state index >= 15 is 0 Å². The van der Waals surface area contributed by atoms with Crippen molar-refractivity contribution < 1.29 is 118 Å². The van der Waals surface area contributed by atoms with Gasteiger partial charge >= 0.3 is 11.8 Å². The number of likely N-dealkylation sites (N-methyl/N-ethyl adjacent to an activating group) is 1. The molecular formula is C58H86N8O24. The number of rotatable bonds is 11. The number of aliphatic hydroxyl groups excluding tert-OH is 8. The second-order valence-corrected chi connectivity index (χ2v) is 23.3. The van der Waals surface area contributed by atoms with E-state index in [-0.39, 0.29) is 45.2 Å². The summed E-state index contributed by atoms with van der Waals surface area (Å²) in [4.78, 5) is 58.9. The lowest BCUT2D eigenvalue weighted by atomic mass is 9.78. The molecule has 5 aliphatic heterocycles. The number of benzene rings is 2. The number of aliphatic imine (C=N–C) groups is 2. The maximum absolute atomic E-state index is 13.9. The highest BCUT2D eigenvalue weighted by Crippen LogP contribution is 2.54. The Bertz CT molecular complexity index is 3090. The van der Waals surface area contributed by atoms with E-state index in [0.717, 1.165) is 6.07 Å². The van der Waals surface area contributed by atoms with Crippen molar-refractivity contribution in [2.45, 2.75) is 184 Å². The van der Waals surface area contributed by atoms with Crippen LogP contribution in [0.1, 0.15) is 71.3 Å². The Balaban J connectivity index is 0.000000294. The number of guanidine groups is 2. The molecule has 2 saturated heterocycles. The number of Topliss-reactive ketones (excluding diaryl/α,β-unsaturated/α-hetero) is 1. The third-order valence-corrected chi connectivity index (χ3v) is 17.2. The number of allylic oxidation sites excluding steroid dienone is 2. The van der Waals surface area contributed by atoms with E-state index in [1.807, 2.05) is 0 Å². The van der Waals surface area contributed by atoms with Gasteiger partial charge in [-0.15, -0.1) is 0 Å². The van der Waals surface area contributed by atoms with Crippen LogP contribution in [0.2, 0.25) is 0 Å². The van der Waals surface area contributed by atoms with Gasteiger partial charge in [0, 0.05) is 67.2 Å². The maximum atomic E-state index is 13.9. The molecule has 3 fully saturated rings. The fourth-order valence-electron chi connectivity index (χ4n) is 11.7. The number of carbonyl (C=O) groups is 4. The summed E-state index contributed by atoms with van der Waals surface area (Å²) in [6.45, 7) is 13.1. The zero-order chi connectivity index (χ0) is 67.5. The zero-order valence-corrected chi connectivity index (χ0v) is 51.4. The highest BCUT2D eigenvalue weighted by Gasteiger charge is 2.61. The molecule has 2 aromatic rings. The Morgan fingerprint density at radius 1 is 0.789 bits per heavy atom. The predicted molar refractivity (Wildman–Crippen MR) is 317 cm³/mol. The van der Waals surface area contributed by atoms with Crippen molar-refractivity contribution in [3.8, 4) is 23.0 Å². The molecule has 1 aliphatic carbocycles. The first-order valence-electron chi connectivity index (χ1n) is 28.8. The number of fused-ring (bicyclic) bond motifs is 14. The number of methoxy groups -OCH3 is 1. The van der Waals surface area contributed by atoms with Gasteiger partial charge in [0.2, 0.25) is 0 Å². The first-order chi connectivity index (χ1) is 42.1. The van der Waals surface area contributed by atoms with Crippen molar-refractivity contribution in [3.05, 3.63) is 53.3 Å². The number of amides is 1. The molecule has 0 radical (unpaired) electrons. The van der Waals surface area contributed by atoms with Crippen molar-refractivity contribution in [2.24, 2.45) is 56.6 Å². The molecule has 0 spiro atoms. The lowest BCUT2D eigenvalue weighted by Gasteiger charge is -2.45. The van der Waals surface area contributed by atoms with E-state index in [4.69, 9.17) is 60.8 Å². The second kappa shape index (κ2) is 29.2. The number of ether oxygens (including phenoxy) is 8. The van der Waals surface area contributed by atoms with Crippen LogP contribution >= 0.6 is 0 Å². The fourth-order valence-corrected chi connectivity index (χ4v) is 11.7. The Labute approximate surface area is 517 Å². The van der Waals surface area contributed by atoms with E-state index in [2.05, 4.69) is 20.6 Å². The summed E-state index contributed by atoms with van der Waals surface area (Å²) in [7, 11) is 2.85. The summed E-state index contributed by atoms with van der Waals surface area (Å²) in [5.74, 6) is -9.02. The van der Waals surface area contributed by atoms with Crippen LogP contribution in [-0.4, -0.2) is 239 Å². The number of nitrogens with one attached hydrogen (secondary N) is 2. The van der Waals surface area contributed by atoms with Crippen LogP contribution in [-0.2, 0) is 47.5 Å². The number of ketones is 1. The highest BCUT2D eigenvalue weighted by atomic mass is 16.8. The number of hydrogen-bond acceptors (Lipinski definition) is 27. The molecular weight excluding hydrogens is 1190 g/mol. The van der Waals surface area contributed by atoms with E-state index in [1.54, 1.807) is 39.8 Å². The van der Waals surface area contributed by atoms with Gasteiger partial charge in [-0.25, -0.2) is 9.98 Å². The Morgan fingerprint density at radius 2 is 1.42 bits per heavy atom. The molecule has 0 unspecified atom stereocenters. The number of phenols is 3. The average molecular weight is 1280 g/mol. The largest absolute Gasteiger partial charge is 0.507 e. The average Bonchev–Trinajstić information content (AvgIpc) is 1.49. The van der Waals surface area contributed by atoms with E-state index in [1.165, 1.54) is 67.2 Å². The van der Waals surface area contributed by atoms with Gasteiger partial charge in [-0.1, -0.05) is 45.9 Å². The Morgan fingerprint density at radius 3 is 2.00 bits per heavy atom. The molecule has 90 heavy (non-hydrogen) atoms. The molecule has 1 saturated carbocycles. The van der Waals surface area contributed by atoms with Gasteiger partial charge in [0.15, 0.2) is 42.1 Å². The van der Waals surface area contributed by atoms with Crippen LogP contribution in [0.25, 0.3) is 10.8 Å². The third-order valence-electron chi connectivity index (χ3n) is 17.2. The molecule has 5 heterocycles. The van der Waals surface area contributed by atoms with Crippen LogP contribution in [0, 0.1) is 30.6 Å². The summed E-state index contributed by atoms with van der Waals surface area (Å²) < 4.78 is 46.1. The minimum atomic E-state index is -2.38. The predicted octanol–water partition coefficient (Wildman–Crippen LogP) is -3.41. The highest BCUT2D eigenvalue weighted by molar-refractivity contribution is 6.21. The number of anilines is 1. The number of esters is 1. The van der Waals surface area contributed by atoms with Gasteiger partial charge in [0.25, 0.3) is 11.7 Å². The Hall–Kier alpha value is -6.86. The lowest BCUT2D eigenvalue weighted by molar-refractivity contribution is -0.314. The summed E-state index contributed by atoms with van der Waals surface area (Å²) in [5.41, 5.74) is 19.3. The molecule has 32 heteroatoms. The number of aliphatic hydroxyl groups is 9. The molecule has 2 aromatic carbocycles. The first-order valence-corrected chi connectivity index (χ1v) is 28.8. The van der Waals surface area contributed by atoms with Crippen molar-refractivity contribution in [2.75, 3.05) is 26.1 Å². The van der Waals surface area contributed by atoms with Crippen molar-refractivity contribution >= 4 is 52.3 Å². The van der Waals surface area contributed by atoms with Crippen LogP contribution in [0.3, 0.4) is 0 Å². The van der Waals surface area contributed by atoms with E-state index in [9.17, 15) is 80.5 Å². The normalized spacial score (nSPS) is 39.5. The fraction of sp³-hybridized carbons (Fsp3) is 0.621. The molecule has 8 rings (SSSR count). The molecule has 1 amide bonds. The van der Waals surface area contributed by atoms with Crippen molar-refractivity contribution in [1.82, 2.24) is 5.32 Å². The van der Waals surface area contributed by atoms with Crippen LogP contribution in [0.5, 0.6) is 23.0 Å². The summed E-state index contributed by atoms with van der Waals surface area (Å²) >= 11 is 0. The van der Waals surface area contributed by atoms with Crippen molar-refractivity contribution in [3.63, 3.8) is 0 Å². The van der Waals surface area contributed by atoms with Gasteiger partial charge in [-0.2, -0.15) is 0 Å². The molecule has 502 valence electrons. The number of phenolic OH excluding ortho intramolecular Hbond substituents is 3. The van der Waals surface area contributed by atoms with Gasteiger partial charge in [-0.3, -0.25) is 19.2 Å². The molecule has 32 nitrogen and oxygen atoms in total. The van der Waals surface area contributed by atoms with Crippen molar-refractivity contribution in [1.29, 1.82) is 0 Å². The monoisotopic (exact) mass is 1280 g/mol. The SMILES string of the molecule is CN[C@@H]1[C@H](O[C@H]2[C@H](O[C@H]3[C@H](O)[C@@H](O)[C@H](N=C(N)N)[C@@H](O)[C@@H]3N=C(N)N)O[C@@H](C)[C@]2(O)C=O)O[C@@H](CO)[C@H](O)[C@H]1O.CO[C@H]1/C=C/O[C@@]2(C)Oc3c(C)c(O)c4c(O)c(cc(O)c4c3C2=O)NC(=O)/C(C)=C\C=C\[C@@H](C)[C@H](O)[C@@H](C)[C@@H](O)[C@@H](C)[C@H](OC(C)=O)[C@@H]1C. The lowest BCUT2D eigenvalue weighted by Crippen LogP contribution is -2.66. The standard InChI is InChI=1S/C37H47NO12.C21H39N7O12/c1-16-11-10-12-17(2)36(46)38-23-15-24(40)26-27(32(23)44)31(43)21(6)34-28(26)35(45)37(8,50-34)48-14-13-25(47-9)18(3)33(49-22(7)39)20(5)30(42)19(4)29(16)41;1-5-21(36,4-30)16(40-17-9(26-2)13(34)10(31)6(3-29)38-17)18(37-5)39-15-8(28-20(24)25)11(32)7(27-19(22)23)12(33)14(15)35/h10-16,18-20,25,29-30,33,40-44H,1-9H3,(H,38,46);4-18,26,29,31-36H,3H2,1-2H3,(H4,22,23,27)(H4,24,25,28)/b11-10+,14-13+,17-12-;/t16-,18-,19-,20-,25+,29+,30-,33-,37+;5-,6-,7+,8-,9-,10-,11+,12-,13-,14+,15+,16-,17-,18-,21+/m10/s1. The maximum Gasteiger partial charge on any atom is 0.312 e. The van der Waals surface area contributed by atoms with Gasteiger partial charge < -0.3 is 133 Å². The summed E-state index contributed by atoms with van der Waals surface area (Å²) in [6.07, 6.45) is -13.7. The van der Waals surface area contributed by atoms with Gasteiger partial charge in [-0.05, 0) is 33.9 Å². The minimum absolute atomic E-state index is 0.0709. The number of aldehydes is 1. The number of aromatic hydroxyl groups is 3. The molecule has 24 atom stereocenters. The molecule has 22 N–H and O–H groups in total. The molecule has 0 aromatic heterocycles. The van der Waals surface area contributed by atoms with E-state index in [0.29, 0.717) is 0 Å².